The number of halogens is 4. The minimum absolute atomic E-state index is 0.174. The topological polar surface area (TPSA) is 0 Å². The molecule has 1 aliphatic rings. The van der Waals surface area contributed by atoms with Crippen molar-refractivity contribution in [3.8, 4) is 0 Å². The molecule has 4 heteroatoms. The van der Waals surface area contributed by atoms with Crippen LogP contribution < -0.4 is 0 Å². The van der Waals surface area contributed by atoms with E-state index >= 15 is 0 Å². The van der Waals surface area contributed by atoms with Crippen LogP contribution in [0.5, 0.6) is 0 Å². The first-order chi connectivity index (χ1) is 9.03. The van der Waals surface area contributed by atoms with Gasteiger partial charge < -0.3 is 0 Å². The van der Waals surface area contributed by atoms with Gasteiger partial charge in [0.1, 0.15) is 11.6 Å². The summed E-state index contributed by atoms with van der Waals surface area (Å²) in [4.78, 5) is 0. The fraction of sp³-hybridized carbons (Fsp3) is 0.600. The van der Waals surface area contributed by atoms with Crippen LogP contribution >= 0.6 is 22.6 Å². The molecule has 0 aliphatic heterocycles. The molecular formula is C15H18F3I. The second-order valence-corrected chi connectivity index (χ2v) is 7.46. The van der Waals surface area contributed by atoms with E-state index in [-0.39, 0.29) is 10.1 Å². The standard InChI is InChI=1S/C15H18F3I/c16-7-1-2-11-3-5-15(19,6-4-11)12-8-13(17)10-14(18)9-12/h8-11H,1-7H2. The van der Waals surface area contributed by atoms with E-state index in [0.717, 1.165) is 43.7 Å². The Hall–Kier alpha value is -0.260. The maximum atomic E-state index is 13.3. The summed E-state index contributed by atoms with van der Waals surface area (Å²) >= 11 is 2.33. The Bertz CT molecular complexity index is 405. The summed E-state index contributed by atoms with van der Waals surface area (Å²) in [5.41, 5.74) is 0.745. The van der Waals surface area contributed by atoms with Gasteiger partial charge in [0.15, 0.2) is 0 Å². The zero-order valence-corrected chi connectivity index (χ0v) is 12.9. The molecule has 0 bridgehead atoms. The van der Waals surface area contributed by atoms with Crippen molar-refractivity contribution in [3.05, 3.63) is 35.4 Å². The second-order valence-electron chi connectivity index (χ2n) is 5.40. The molecule has 106 valence electrons. The Morgan fingerprint density at radius 1 is 1.11 bits per heavy atom. The van der Waals surface area contributed by atoms with Gasteiger partial charge in [-0.25, -0.2) is 8.78 Å². The molecule has 0 amide bonds. The van der Waals surface area contributed by atoms with E-state index in [9.17, 15) is 13.2 Å². The first kappa shape index (κ1) is 15.1. The Labute approximate surface area is 125 Å². The first-order valence-electron chi connectivity index (χ1n) is 6.75. The molecule has 0 aromatic heterocycles. The van der Waals surface area contributed by atoms with Gasteiger partial charge in [0.2, 0.25) is 0 Å². The normalized spacial score (nSPS) is 27.5. The van der Waals surface area contributed by atoms with Crippen molar-refractivity contribution in [2.45, 2.75) is 41.9 Å². The fourth-order valence-corrected chi connectivity index (χ4v) is 3.83. The van der Waals surface area contributed by atoms with E-state index < -0.39 is 11.6 Å². The molecule has 0 nitrogen and oxygen atoms in total. The summed E-state index contributed by atoms with van der Waals surface area (Å²) in [6.45, 7) is -0.249. The third kappa shape index (κ3) is 3.86. The predicted molar refractivity (Wildman–Crippen MR) is 79.2 cm³/mol. The summed E-state index contributed by atoms with van der Waals surface area (Å²) in [5, 5.41) is 0. The molecule has 1 fully saturated rings. The van der Waals surface area contributed by atoms with E-state index in [1.165, 1.54) is 12.1 Å². The molecular weight excluding hydrogens is 364 g/mol. The smallest absolute Gasteiger partial charge is 0.126 e. The molecule has 0 saturated heterocycles. The van der Waals surface area contributed by atoms with Crippen LogP contribution in [0, 0.1) is 17.6 Å². The van der Waals surface area contributed by atoms with Crippen LogP contribution in [0.4, 0.5) is 13.2 Å². The van der Waals surface area contributed by atoms with Gasteiger partial charge in [-0.3, -0.25) is 4.39 Å². The van der Waals surface area contributed by atoms with Crippen molar-refractivity contribution < 1.29 is 13.2 Å². The molecule has 2 rings (SSSR count). The SMILES string of the molecule is FCCCC1CCC(I)(c2cc(F)cc(F)c2)CC1. The summed E-state index contributed by atoms with van der Waals surface area (Å²) in [5.74, 6) is -0.451. The first-order valence-corrected chi connectivity index (χ1v) is 7.83. The lowest BCUT2D eigenvalue weighted by Gasteiger charge is -2.36. The van der Waals surface area contributed by atoms with E-state index in [2.05, 4.69) is 22.6 Å². The highest BCUT2D eigenvalue weighted by Crippen LogP contribution is 2.47. The third-order valence-corrected chi connectivity index (χ3v) is 5.73. The number of rotatable bonds is 4. The number of hydrogen-bond donors (Lipinski definition) is 0. The molecule has 1 aromatic carbocycles. The molecule has 0 atom stereocenters. The van der Waals surface area contributed by atoms with E-state index in [1.54, 1.807) is 0 Å². The van der Waals surface area contributed by atoms with Gasteiger partial charge >= 0.3 is 0 Å². The molecule has 1 saturated carbocycles. The van der Waals surface area contributed by atoms with Crippen molar-refractivity contribution in [2.24, 2.45) is 5.92 Å². The lowest BCUT2D eigenvalue weighted by Crippen LogP contribution is -2.26. The average molecular weight is 382 g/mol. The zero-order valence-electron chi connectivity index (χ0n) is 10.8. The quantitative estimate of drug-likeness (QED) is 0.474. The largest absolute Gasteiger partial charge is 0.251 e. The summed E-state index contributed by atoms with van der Waals surface area (Å²) in [6.07, 6.45) is 5.41. The Morgan fingerprint density at radius 3 is 2.21 bits per heavy atom. The molecule has 0 spiro atoms. The van der Waals surface area contributed by atoms with Gasteiger partial charge in [-0.1, -0.05) is 22.6 Å². The van der Waals surface area contributed by atoms with E-state index in [0.29, 0.717) is 12.3 Å². The number of alkyl halides is 2. The van der Waals surface area contributed by atoms with Crippen LogP contribution in [0.15, 0.2) is 18.2 Å². The van der Waals surface area contributed by atoms with Crippen molar-refractivity contribution in [1.82, 2.24) is 0 Å². The van der Waals surface area contributed by atoms with Crippen molar-refractivity contribution in [3.63, 3.8) is 0 Å². The Kier molecular flexibility index (Phi) is 5.15. The lowest BCUT2D eigenvalue weighted by atomic mass is 9.77. The maximum absolute atomic E-state index is 13.3. The highest BCUT2D eigenvalue weighted by molar-refractivity contribution is 14.1. The van der Waals surface area contributed by atoms with Crippen molar-refractivity contribution in [1.29, 1.82) is 0 Å². The van der Waals surface area contributed by atoms with Gasteiger partial charge in [0, 0.05) is 9.49 Å². The van der Waals surface area contributed by atoms with Gasteiger partial charge in [-0.15, -0.1) is 0 Å². The van der Waals surface area contributed by atoms with E-state index in [1.807, 2.05) is 0 Å². The molecule has 0 heterocycles. The highest BCUT2D eigenvalue weighted by Gasteiger charge is 2.34. The molecule has 1 aliphatic carbocycles. The van der Waals surface area contributed by atoms with Crippen molar-refractivity contribution >= 4 is 22.6 Å². The van der Waals surface area contributed by atoms with Crippen LogP contribution in [0.2, 0.25) is 0 Å². The zero-order chi connectivity index (χ0) is 13.9. The Morgan fingerprint density at radius 2 is 1.68 bits per heavy atom. The minimum atomic E-state index is -0.509. The van der Waals surface area contributed by atoms with E-state index in [4.69, 9.17) is 0 Å². The van der Waals surface area contributed by atoms with Gasteiger partial charge in [-0.2, -0.15) is 0 Å². The Balaban J connectivity index is 2.04. The second kappa shape index (κ2) is 6.46. The highest BCUT2D eigenvalue weighted by atomic mass is 127. The monoisotopic (exact) mass is 382 g/mol. The van der Waals surface area contributed by atoms with Crippen LogP contribution in [-0.2, 0) is 3.42 Å². The van der Waals surface area contributed by atoms with Gasteiger partial charge in [0.25, 0.3) is 0 Å². The molecule has 0 radical (unpaired) electrons. The number of benzene rings is 1. The average Bonchev–Trinajstić information content (AvgIpc) is 2.37. The molecule has 19 heavy (non-hydrogen) atoms. The van der Waals surface area contributed by atoms with Gasteiger partial charge in [-0.05, 0) is 62.1 Å². The van der Waals surface area contributed by atoms with Crippen LogP contribution in [-0.4, -0.2) is 6.67 Å². The predicted octanol–water partition coefficient (Wildman–Crippen LogP) is 5.54. The van der Waals surface area contributed by atoms with Crippen LogP contribution in [0.3, 0.4) is 0 Å². The number of hydrogen-bond acceptors (Lipinski definition) is 0. The molecule has 0 N–H and O–H groups in total. The fourth-order valence-electron chi connectivity index (χ4n) is 2.89. The third-order valence-electron chi connectivity index (χ3n) is 4.02. The minimum Gasteiger partial charge on any atom is -0.251 e. The van der Waals surface area contributed by atoms with Crippen molar-refractivity contribution in [2.75, 3.05) is 6.67 Å². The maximum Gasteiger partial charge on any atom is 0.126 e. The summed E-state index contributed by atoms with van der Waals surface area (Å²) in [6, 6.07) is 3.80. The van der Waals surface area contributed by atoms with Crippen LogP contribution in [0.1, 0.15) is 44.1 Å². The van der Waals surface area contributed by atoms with Gasteiger partial charge in [0.05, 0.1) is 6.67 Å². The van der Waals surface area contributed by atoms with Crippen LogP contribution in [0.25, 0.3) is 0 Å². The summed E-state index contributed by atoms with van der Waals surface area (Å²) in [7, 11) is 0. The summed E-state index contributed by atoms with van der Waals surface area (Å²) < 4.78 is 38.6. The molecule has 0 unspecified atom stereocenters. The lowest BCUT2D eigenvalue weighted by molar-refractivity contribution is 0.284. The molecule has 1 aromatic rings.